The van der Waals surface area contributed by atoms with Gasteiger partial charge < -0.3 is 5.32 Å². The molecule has 0 radical (unpaired) electrons. The monoisotopic (exact) mass is 378 g/mol. The predicted molar refractivity (Wildman–Crippen MR) is 98.6 cm³/mol. The number of rotatable bonds is 5. The third kappa shape index (κ3) is 3.51. The van der Waals surface area contributed by atoms with Crippen molar-refractivity contribution in [2.75, 3.05) is 52.4 Å². The van der Waals surface area contributed by atoms with Gasteiger partial charge in [0, 0.05) is 64.0 Å². The smallest absolute Gasteiger partial charge is 0.251 e. The zero-order valence-electron chi connectivity index (χ0n) is 14.9. The topological polar surface area (TPSA) is 73.0 Å². The maximum absolute atomic E-state index is 12.7. The van der Waals surface area contributed by atoms with Crippen LogP contribution in [-0.2, 0) is 10.0 Å². The minimum Gasteiger partial charge on any atom is -0.350 e. The van der Waals surface area contributed by atoms with Gasteiger partial charge in [0.15, 0.2) is 0 Å². The first-order valence-corrected chi connectivity index (χ1v) is 10.8. The predicted octanol–water partition coefficient (Wildman–Crippen LogP) is 0.201. The average molecular weight is 378 g/mol. The highest BCUT2D eigenvalue weighted by Crippen LogP contribution is 2.21. The lowest BCUT2D eigenvalue weighted by Crippen LogP contribution is -2.63. The molecule has 0 aliphatic carbocycles. The third-order valence-electron chi connectivity index (χ3n) is 5.69. The van der Waals surface area contributed by atoms with Crippen LogP contribution in [0.2, 0.25) is 0 Å². The van der Waals surface area contributed by atoms with Gasteiger partial charge in [-0.25, -0.2) is 8.42 Å². The Morgan fingerprint density at radius 1 is 1.08 bits per heavy atom. The van der Waals surface area contributed by atoms with Gasteiger partial charge in [0.2, 0.25) is 10.0 Å². The molecule has 0 unspecified atom stereocenters. The van der Waals surface area contributed by atoms with E-state index in [4.69, 9.17) is 0 Å². The number of nitrogens with one attached hydrogen (secondary N) is 1. The quantitative estimate of drug-likeness (QED) is 0.793. The molecule has 7 nitrogen and oxygen atoms in total. The summed E-state index contributed by atoms with van der Waals surface area (Å²) in [5, 5.41) is 2.99. The second kappa shape index (κ2) is 7.26. The number of hydrogen-bond donors (Lipinski definition) is 1. The van der Waals surface area contributed by atoms with Gasteiger partial charge in [0.25, 0.3) is 5.91 Å². The summed E-state index contributed by atoms with van der Waals surface area (Å²) in [4.78, 5) is 17.6. The molecule has 1 atom stereocenters. The molecule has 4 aliphatic rings. The molecule has 26 heavy (non-hydrogen) atoms. The van der Waals surface area contributed by atoms with Gasteiger partial charge in [0.05, 0.1) is 4.90 Å². The first kappa shape index (κ1) is 17.9. The first-order valence-electron chi connectivity index (χ1n) is 9.39. The summed E-state index contributed by atoms with van der Waals surface area (Å²) in [5.41, 5.74) is 0.404. The van der Waals surface area contributed by atoms with Gasteiger partial charge in [-0.2, -0.15) is 4.31 Å². The lowest BCUT2D eigenvalue weighted by Gasteiger charge is -2.47. The summed E-state index contributed by atoms with van der Waals surface area (Å²) >= 11 is 0. The molecule has 142 valence electrons. The van der Waals surface area contributed by atoms with Crippen molar-refractivity contribution in [1.29, 1.82) is 0 Å². The lowest BCUT2D eigenvalue weighted by molar-refractivity contribution is 0.0138. The largest absolute Gasteiger partial charge is 0.350 e. The van der Waals surface area contributed by atoms with E-state index in [2.05, 4.69) is 15.1 Å². The molecule has 1 aromatic rings. The molecule has 2 bridgehead atoms. The van der Waals surface area contributed by atoms with E-state index >= 15 is 0 Å². The Labute approximate surface area is 155 Å². The second-order valence-corrected chi connectivity index (χ2v) is 9.28. The molecule has 8 heteroatoms. The molecule has 0 saturated carbocycles. The molecule has 1 aromatic carbocycles. The first-order chi connectivity index (χ1) is 12.5. The fraction of sp³-hybridized carbons (Fsp3) is 0.611. The van der Waals surface area contributed by atoms with E-state index in [1.54, 1.807) is 18.2 Å². The molecule has 4 fully saturated rings. The van der Waals surface area contributed by atoms with Crippen LogP contribution in [0.5, 0.6) is 0 Å². The molecular formula is C18H26N4O3S. The number of carbonyl (C=O) groups excluding carboxylic acids is 1. The van der Waals surface area contributed by atoms with Gasteiger partial charge in [0.1, 0.15) is 0 Å². The van der Waals surface area contributed by atoms with Crippen LogP contribution >= 0.6 is 0 Å². The average Bonchev–Trinajstić information content (AvgIpc) is 3.23. The van der Waals surface area contributed by atoms with Gasteiger partial charge in [-0.3, -0.25) is 14.6 Å². The molecule has 1 amide bonds. The third-order valence-corrected chi connectivity index (χ3v) is 7.58. The maximum atomic E-state index is 12.7. The van der Waals surface area contributed by atoms with Crippen molar-refractivity contribution in [2.45, 2.75) is 23.8 Å². The Kier molecular flexibility index (Phi) is 5.00. The highest BCUT2D eigenvalue weighted by molar-refractivity contribution is 7.89. The normalized spacial score (nSPS) is 29.0. The fourth-order valence-corrected chi connectivity index (χ4v) is 5.67. The fourth-order valence-electron chi connectivity index (χ4n) is 4.11. The van der Waals surface area contributed by atoms with Crippen LogP contribution in [0, 0.1) is 0 Å². The Morgan fingerprint density at radius 3 is 2.46 bits per heavy atom. The number of sulfonamides is 1. The highest BCUT2D eigenvalue weighted by atomic mass is 32.2. The van der Waals surface area contributed by atoms with Crippen molar-refractivity contribution in [1.82, 2.24) is 19.4 Å². The number of benzene rings is 1. The number of nitrogens with zero attached hydrogens (tertiary/aromatic N) is 3. The summed E-state index contributed by atoms with van der Waals surface area (Å²) in [6.07, 6.45) is 1.79. The zero-order chi connectivity index (χ0) is 18.1. The molecule has 4 aliphatic heterocycles. The number of amides is 1. The van der Waals surface area contributed by atoms with Crippen LogP contribution in [-0.4, -0.2) is 86.8 Å². The Hall–Kier alpha value is -1.48. The van der Waals surface area contributed by atoms with Gasteiger partial charge in [-0.15, -0.1) is 0 Å². The number of carbonyl (C=O) groups is 1. The zero-order valence-corrected chi connectivity index (χ0v) is 15.7. The minimum atomic E-state index is -3.50. The van der Waals surface area contributed by atoms with E-state index in [0.29, 0.717) is 31.2 Å². The molecule has 1 N–H and O–H groups in total. The van der Waals surface area contributed by atoms with Crippen LogP contribution in [0.4, 0.5) is 0 Å². The van der Waals surface area contributed by atoms with E-state index in [1.807, 2.05) is 0 Å². The van der Waals surface area contributed by atoms with Crippen LogP contribution in [0.15, 0.2) is 29.2 Å². The van der Waals surface area contributed by atoms with Gasteiger partial charge in [-0.1, -0.05) is 6.07 Å². The van der Waals surface area contributed by atoms with E-state index in [1.165, 1.54) is 10.4 Å². The van der Waals surface area contributed by atoms with Crippen molar-refractivity contribution in [2.24, 2.45) is 0 Å². The molecular weight excluding hydrogens is 352 g/mol. The molecule has 4 saturated heterocycles. The standard InChI is InChI=1S/C18H26N4O3S/c23-18(19-13-16-14-20-8-10-21(16)11-9-20)15-4-3-5-17(12-15)26(24,25)22-6-1-2-7-22/h3-5,12,16H,1-2,6-11,13-14H2,(H,19,23)/t16-/m1/s1. The van der Waals surface area contributed by atoms with Crippen LogP contribution in [0.3, 0.4) is 0 Å². The Balaban J connectivity index is 1.42. The molecule has 0 spiro atoms. The minimum absolute atomic E-state index is 0.207. The van der Waals surface area contributed by atoms with Crippen molar-refractivity contribution in [3.05, 3.63) is 29.8 Å². The van der Waals surface area contributed by atoms with Gasteiger partial charge >= 0.3 is 0 Å². The van der Waals surface area contributed by atoms with Gasteiger partial charge in [-0.05, 0) is 31.0 Å². The van der Waals surface area contributed by atoms with Crippen LogP contribution in [0.25, 0.3) is 0 Å². The molecule has 5 rings (SSSR count). The second-order valence-electron chi connectivity index (χ2n) is 7.34. The van der Waals surface area contributed by atoms with Crippen molar-refractivity contribution >= 4 is 15.9 Å². The van der Waals surface area contributed by atoms with E-state index < -0.39 is 10.0 Å². The van der Waals surface area contributed by atoms with Crippen molar-refractivity contribution < 1.29 is 13.2 Å². The van der Waals surface area contributed by atoms with E-state index in [0.717, 1.165) is 45.6 Å². The SMILES string of the molecule is O=C(NC[C@@H]1CN2CCN1CC2)c1cccc(S(=O)(=O)N2CCCC2)c1. The summed E-state index contributed by atoms with van der Waals surface area (Å²) < 4.78 is 26.9. The van der Waals surface area contributed by atoms with E-state index in [-0.39, 0.29) is 10.8 Å². The van der Waals surface area contributed by atoms with Crippen molar-refractivity contribution in [3.63, 3.8) is 0 Å². The lowest BCUT2D eigenvalue weighted by atomic mass is 10.1. The summed E-state index contributed by atoms with van der Waals surface area (Å²) in [5.74, 6) is -0.207. The van der Waals surface area contributed by atoms with Crippen molar-refractivity contribution in [3.8, 4) is 0 Å². The van der Waals surface area contributed by atoms with Crippen LogP contribution in [0.1, 0.15) is 23.2 Å². The number of fused-ring (bicyclic) bond motifs is 3. The Bertz CT molecular complexity index is 768. The number of hydrogen-bond acceptors (Lipinski definition) is 5. The van der Waals surface area contributed by atoms with Crippen LogP contribution < -0.4 is 5.32 Å². The molecule has 0 aromatic heterocycles. The molecule has 4 heterocycles. The summed E-state index contributed by atoms with van der Waals surface area (Å²) in [7, 11) is -3.50. The summed E-state index contributed by atoms with van der Waals surface area (Å²) in [6.45, 7) is 7.05. The Morgan fingerprint density at radius 2 is 1.81 bits per heavy atom. The van der Waals surface area contributed by atoms with E-state index in [9.17, 15) is 13.2 Å². The highest BCUT2D eigenvalue weighted by Gasteiger charge is 2.32. The number of piperazine rings is 3. The maximum Gasteiger partial charge on any atom is 0.251 e. The summed E-state index contributed by atoms with van der Waals surface area (Å²) in [6, 6.07) is 6.74.